The summed E-state index contributed by atoms with van der Waals surface area (Å²) in [6, 6.07) is 10.3. The number of anilines is 1. The van der Waals surface area contributed by atoms with Crippen LogP contribution in [0.25, 0.3) is 0 Å². The molecule has 0 heterocycles. The number of ether oxygens (including phenoxy) is 1. The molecular formula is C21H28N2O4S. The fraction of sp³-hybridized carbons (Fsp3) is 0.381. The van der Waals surface area contributed by atoms with E-state index >= 15 is 0 Å². The summed E-state index contributed by atoms with van der Waals surface area (Å²) in [4.78, 5) is 12.5. The maximum absolute atomic E-state index is 12.4. The van der Waals surface area contributed by atoms with Crippen LogP contribution in [-0.4, -0.2) is 27.5 Å². The number of rotatable bonds is 8. The van der Waals surface area contributed by atoms with Crippen molar-refractivity contribution in [1.82, 2.24) is 4.72 Å². The van der Waals surface area contributed by atoms with E-state index in [2.05, 4.69) is 16.1 Å². The molecule has 0 fully saturated rings. The predicted molar refractivity (Wildman–Crippen MR) is 111 cm³/mol. The number of nitrogens with one attached hydrogen (secondary N) is 2. The van der Waals surface area contributed by atoms with E-state index in [-0.39, 0.29) is 23.3 Å². The third kappa shape index (κ3) is 5.81. The van der Waals surface area contributed by atoms with Gasteiger partial charge in [0.05, 0.1) is 17.7 Å². The van der Waals surface area contributed by atoms with Crippen LogP contribution in [0.15, 0.2) is 41.3 Å². The Balaban J connectivity index is 2.13. The number of sulfonamides is 1. The van der Waals surface area contributed by atoms with E-state index in [0.717, 1.165) is 5.56 Å². The number of hydrogen-bond acceptors (Lipinski definition) is 4. The summed E-state index contributed by atoms with van der Waals surface area (Å²) in [6.07, 6.45) is 0.884. The van der Waals surface area contributed by atoms with E-state index < -0.39 is 10.0 Å². The summed E-state index contributed by atoms with van der Waals surface area (Å²) >= 11 is 0. The molecule has 1 amide bonds. The molecule has 28 heavy (non-hydrogen) atoms. The van der Waals surface area contributed by atoms with E-state index in [1.165, 1.54) is 36.4 Å². The molecule has 0 aliphatic rings. The Labute approximate surface area is 167 Å². The smallest absolute Gasteiger partial charge is 0.240 e. The molecular weight excluding hydrogens is 376 g/mol. The summed E-state index contributed by atoms with van der Waals surface area (Å²) in [7, 11) is -2.19. The third-order valence-corrected chi connectivity index (χ3v) is 6.01. The topological polar surface area (TPSA) is 84.5 Å². The minimum Gasteiger partial charge on any atom is -0.495 e. The number of carbonyl (C=O) groups is 1. The zero-order valence-electron chi connectivity index (χ0n) is 17.0. The second kappa shape index (κ2) is 9.21. The lowest BCUT2D eigenvalue weighted by Crippen LogP contribution is -2.30. The Morgan fingerprint density at radius 1 is 1.07 bits per heavy atom. The number of amides is 1. The quantitative estimate of drug-likeness (QED) is 0.704. The summed E-state index contributed by atoms with van der Waals surface area (Å²) < 4.78 is 32.6. The molecule has 7 heteroatoms. The summed E-state index contributed by atoms with van der Waals surface area (Å²) in [5.41, 5.74) is 3.82. The van der Waals surface area contributed by atoms with Crippen LogP contribution in [0.3, 0.4) is 0 Å². The van der Waals surface area contributed by atoms with Gasteiger partial charge in [-0.25, -0.2) is 13.1 Å². The lowest BCUT2D eigenvalue weighted by atomic mass is 10.0. The third-order valence-electron chi connectivity index (χ3n) is 4.36. The molecule has 0 saturated heterocycles. The first-order valence-corrected chi connectivity index (χ1v) is 10.7. The second-order valence-corrected chi connectivity index (χ2v) is 8.82. The van der Waals surface area contributed by atoms with Gasteiger partial charge in [0.1, 0.15) is 5.75 Å². The van der Waals surface area contributed by atoms with Crippen molar-refractivity contribution in [2.24, 2.45) is 0 Å². The molecule has 2 aromatic rings. The van der Waals surface area contributed by atoms with E-state index in [9.17, 15) is 13.2 Å². The average molecular weight is 405 g/mol. The molecule has 0 atom stereocenters. The first kappa shape index (κ1) is 21.9. The minimum absolute atomic E-state index is 0.0754. The molecule has 0 aliphatic carbocycles. The highest BCUT2D eigenvalue weighted by atomic mass is 32.2. The van der Waals surface area contributed by atoms with Crippen molar-refractivity contribution < 1.29 is 17.9 Å². The Morgan fingerprint density at radius 3 is 2.39 bits per heavy atom. The van der Waals surface area contributed by atoms with Crippen LogP contribution < -0.4 is 14.8 Å². The summed E-state index contributed by atoms with van der Waals surface area (Å²) in [5.74, 6) is 0.200. The van der Waals surface area contributed by atoms with Gasteiger partial charge in [-0.2, -0.15) is 0 Å². The van der Waals surface area contributed by atoms with E-state index in [1.54, 1.807) is 13.8 Å². The SMILES string of the molecule is COc1ccc(S(=O)(=O)NC(C)C)cc1NC(=O)CCc1ccc(C)c(C)c1. The predicted octanol–water partition coefficient (Wildman–Crippen LogP) is 3.57. The fourth-order valence-corrected chi connectivity index (χ4v) is 4.04. The summed E-state index contributed by atoms with van der Waals surface area (Å²) in [6.45, 7) is 7.58. The molecule has 0 unspecified atom stereocenters. The normalized spacial score (nSPS) is 11.5. The van der Waals surface area contributed by atoms with Gasteiger partial charge < -0.3 is 10.1 Å². The van der Waals surface area contributed by atoms with E-state index in [0.29, 0.717) is 17.9 Å². The molecule has 6 nitrogen and oxygen atoms in total. The van der Waals surface area contributed by atoms with Crippen molar-refractivity contribution in [3.05, 3.63) is 53.1 Å². The highest BCUT2D eigenvalue weighted by Crippen LogP contribution is 2.28. The first-order valence-electron chi connectivity index (χ1n) is 9.18. The molecule has 152 valence electrons. The van der Waals surface area contributed by atoms with Crippen LogP contribution in [0.1, 0.15) is 37.0 Å². The largest absolute Gasteiger partial charge is 0.495 e. The Kier molecular flexibility index (Phi) is 7.21. The highest BCUT2D eigenvalue weighted by molar-refractivity contribution is 7.89. The van der Waals surface area contributed by atoms with Crippen molar-refractivity contribution in [1.29, 1.82) is 0 Å². The minimum atomic E-state index is -3.66. The lowest BCUT2D eigenvalue weighted by molar-refractivity contribution is -0.116. The molecule has 2 rings (SSSR count). The summed E-state index contributed by atoms with van der Waals surface area (Å²) in [5, 5.41) is 2.77. The van der Waals surface area contributed by atoms with Crippen molar-refractivity contribution in [3.63, 3.8) is 0 Å². The van der Waals surface area contributed by atoms with Crippen molar-refractivity contribution in [3.8, 4) is 5.75 Å². The van der Waals surface area contributed by atoms with Gasteiger partial charge in [-0.15, -0.1) is 0 Å². The van der Waals surface area contributed by atoms with Crippen LogP contribution in [0, 0.1) is 13.8 Å². The van der Waals surface area contributed by atoms with Crippen LogP contribution in [0.2, 0.25) is 0 Å². The van der Waals surface area contributed by atoms with Gasteiger partial charge in [0.25, 0.3) is 0 Å². The fourth-order valence-electron chi connectivity index (χ4n) is 2.76. The molecule has 2 N–H and O–H groups in total. The van der Waals surface area contributed by atoms with Crippen molar-refractivity contribution >= 4 is 21.6 Å². The first-order chi connectivity index (χ1) is 13.1. The maximum Gasteiger partial charge on any atom is 0.240 e. The van der Waals surface area contributed by atoms with Crippen molar-refractivity contribution in [2.75, 3.05) is 12.4 Å². The van der Waals surface area contributed by atoms with Gasteiger partial charge in [0, 0.05) is 12.5 Å². The number of carbonyl (C=O) groups excluding carboxylic acids is 1. The maximum atomic E-state index is 12.4. The standard InChI is InChI=1S/C21H28N2O4S/c1-14(2)23-28(25,26)18-9-10-20(27-5)19(13-18)22-21(24)11-8-17-7-6-15(3)16(4)12-17/h6-7,9-10,12-14,23H,8,11H2,1-5H3,(H,22,24). The van der Waals surface area contributed by atoms with Gasteiger partial charge in [-0.1, -0.05) is 18.2 Å². The zero-order chi connectivity index (χ0) is 20.9. The van der Waals surface area contributed by atoms with Crippen LogP contribution in [0.5, 0.6) is 5.75 Å². The lowest BCUT2D eigenvalue weighted by Gasteiger charge is -2.14. The molecule has 0 saturated carbocycles. The molecule has 0 aromatic heterocycles. The van der Waals surface area contributed by atoms with Gasteiger partial charge in [-0.3, -0.25) is 4.79 Å². The number of aryl methyl sites for hydroxylation is 3. The molecule has 0 aliphatic heterocycles. The average Bonchev–Trinajstić information content (AvgIpc) is 2.61. The Morgan fingerprint density at radius 2 is 1.79 bits per heavy atom. The van der Waals surface area contributed by atoms with Gasteiger partial charge in [-0.05, 0) is 69.0 Å². The highest BCUT2D eigenvalue weighted by Gasteiger charge is 2.18. The Hall–Kier alpha value is -2.38. The number of methoxy groups -OCH3 is 1. The molecule has 0 radical (unpaired) electrons. The number of benzene rings is 2. The molecule has 0 spiro atoms. The van der Waals surface area contributed by atoms with Crippen molar-refractivity contribution in [2.45, 2.75) is 51.5 Å². The van der Waals surface area contributed by atoms with Crippen LogP contribution in [-0.2, 0) is 21.2 Å². The van der Waals surface area contributed by atoms with E-state index in [4.69, 9.17) is 4.74 Å². The zero-order valence-corrected chi connectivity index (χ0v) is 17.8. The van der Waals surface area contributed by atoms with Crippen LogP contribution >= 0.6 is 0 Å². The Bertz CT molecular complexity index is 953. The second-order valence-electron chi connectivity index (χ2n) is 7.10. The molecule has 0 bridgehead atoms. The van der Waals surface area contributed by atoms with Gasteiger partial charge in [0.2, 0.25) is 15.9 Å². The molecule has 2 aromatic carbocycles. The van der Waals surface area contributed by atoms with E-state index in [1.807, 2.05) is 26.0 Å². The van der Waals surface area contributed by atoms with Crippen LogP contribution in [0.4, 0.5) is 5.69 Å². The van der Waals surface area contributed by atoms with Gasteiger partial charge in [0.15, 0.2) is 0 Å². The number of hydrogen-bond donors (Lipinski definition) is 2. The monoisotopic (exact) mass is 404 g/mol. The van der Waals surface area contributed by atoms with Gasteiger partial charge >= 0.3 is 0 Å².